The van der Waals surface area contributed by atoms with Crippen LogP contribution in [0.15, 0.2) is 23.3 Å². The third-order valence-electron chi connectivity index (χ3n) is 3.40. The number of ether oxygens (including phenoxy) is 1. The number of carbonyl (C=O) groups excluding carboxylic acids is 2. The third kappa shape index (κ3) is 4.31. The first-order valence-corrected chi connectivity index (χ1v) is 7.46. The summed E-state index contributed by atoms with van der Waals surface area (Å²) in [5.41, 5.74) is 4.93. The van der Waals surface area contributed by atoms with Crippen molar-refractivity contribution in [1.29, 1.82) is 0 Å². The zero-order chi connectivity index (χ0) is 15.9. The van der Waals surface area contributed by atoms with Crippen molar-refractivity contribution < 1.29 is 14.3 Å². The lowest BCUT2D eigenvalue weighted by molar-refractivity contribution is -0.121. The summed E-state index contributed by atoms with van der Waals surface area (Å²) in [6.45, 7) is 5.14. The van der Waals surface area contributed by atoms with Crippen LogP contribution in [0.4, 0.5) is 0 Å². The molecule has 0 saturated carbocycles. The molecule has 0 radical (unpaired) electrons. The van der Waals surface area contributed by atoms with Gasteiger partial charge in [-0.15, -0.1) is 0 Å². The Morgan fingerprint density at radius 1 is 1.41 bits per heavy atom. The molecule has 0 spiro atoms. The van der Waals surface area contributed by atoms with E-state index in [9.17, 15) is 9.59 Å². The Labute approximate surface area is 129 Å². The van der Waals surface area contributed by atoms with E-state index in [0.717, 1.165) is 23.3 Å². The van der Waals surface area contributed by atoms with E-state index in [0.29, 0.717) is 31.7 Å². The molecule has 0 aromatic heterocycles. The summed E-state index contributed by atoms with van der Waals surface area (Å²) in [6.07, 6.45) is 1.43. The lowest BCUT2D eigenvalue weighted by Gasteiger charge is -2.12. The molecule has 6 nitrogen and oxygen atoms in total. The van der Waals surface area contributed by atoms with E-state index in [4.69, 9.17) is 4.74 Å². The van der Waals surface area contributed by atoms with E-state index in [1.54, 1.807) is 0 Å². The molecule has 2 amide bonds. The minimum Gasteiger partial charge on any atom is -0.494 e. The second-order valence-electron chi connectivity index (χ2n) is 5.13. The predicted molar refractivity (Wildman–Crippen MR) is 83.9 cm³/mol. The largest absolute Gasteiger partial charge is 0.494 e. The van der Waals surface area contributed by atoms with Crippen LogP contribution in [0.3, 0.4) is 0 Å². The molecular formula is C16H21N3O3. The first-order chi connectivity index (χ1) is 10.6. The van der Waals surface area contributed by atoms with Crippen molar-refractivity contribution in [1.82, 2.24) is 10.7 Å². The van der Waals surface area contributed by atoms with Crippen molar-refractivity contribution in [2.45, 2.75) is 33.1 Å². The molecule has 0 bridgehead atoms. The molecule has 0 fully saturated rings. The molecule has 0 aliphatic carbocycles. The van der Waals surface area contributed by atoms with Gasteiger partial charge in [-0.05, 0) is 37.5 Å². The molecule has 0 saturated heterocycles. The normalized spacial score (nSPS) is 14.1. The fourth-order valence-corrected chi connectivity index (χ4v) is 2.24. The second-order valence-corrected chi connectivity index (χ2v) is 5.13. The van der Waals surface area contributed by atoms with Gasteiger partial charge in [-0.3, -0.25) is 9.59 Å². The zero-order valence-corrected chi connectivity index (χ0v) is 12.9. The number of carbonyl (C=O) groups is 2. The van der Waals surface area contributed by atoms with Crippen LogP contribution in [0.1, 0.15) is 30.9 Å². The lowest BCUT2D eigenvalue weighted by atomic mass is 10.1. The molecule has 1 aromatic carbocycles. The van der Waals surface area contributed by atoms with E-state index in [-0.39, 0.29) is 11.8 Å². The maximum Gasteiger partial charge on any atom is 0.267 e. The Hall–Kier alpha value is -2.37. The molecule has 1 aliphatic heterocycles. The van der Waals surface area contributed by atoms with Crippen LogP contribution in [0, 0.1) is 6.92 Å². The van der Waals surface area contributed by atoms with Crippen LogP contribution in [0.5, 0.6) is 5.75 Å². The molecule has 0 unspecified atom stereocenters. The van der Waals surface area contributed by atoms with Gasteiger partial charge in [0.1, 0.15) is 11.5 Å². The van der Waals surface area contributed by atoms with Gasteiger partial charge >= 0.3 is 0 Å². The highest BCUT2D eigenvalue weighted by Gasteiger charge is 2.17. The summed E-state index contributed by atoms with van der Waals surface area (Å²) in [5, 5.41) is 6.59. The number of nitrogens with zero attached hydrogens (tertiary/aromatic N) is 1. The second kappa shape index (κ2) is 7.59. The number of aryl methyl sites for hydroxylation is 1. The zero-order valence-electron chi connectivity index (χ0n) is 12.9. The summed E-state index contributed by atoms with van der Waals surface area (Å²) in [7, 11) is 0. The highest BCUT2D eigenvalue weighted by Crippen LogP contribution is 2.19. The number of nitrogens with one attached hydrogen (secondary N) is 2. The Balaban J connectivity index is 1.82. The topological polar surface area (TPSA) is 79.8 Å². The van der Waals surface area contributed by atoms with Gasteiger partial charge in [0.05, 0.1) is 6.61 Å². The van der Waals surface area contributed by atoms with Gasteiger partial charge in [0, 0.05) is 19.4 Å². The number of hydrazone groups is 1. The number of benzene rings is 1. The third-order valence-corrected chi connectivity index (χ3v) is 3.40. The van der Waals surface area contributed by atoms with Gasteiger partial charge in [-0.1, -0.05) is 12.1 Å². The number of rotatable bonds is 6. The summed E-state index contributed by atoms with van der Waals surface area (Å²) < 4.78 is 5.50. The van der Waals surface area contributed by atoms with Crippen molar-refractivity contribution >= 4 is 17.5 Å². The minimum atomic E-state index is -0.220. The van der Waals surface area contributed by atoms with Crippen LogP contribution in [0.25, 0.3) is 0 Å². The SMILES string of the molecule is CCOc1ccc(CCNC(=O)C2=NNC(=O)CC2)cc1C. The van der Waals surface area contributed by atoms with Crippen LogP contribution >= 0.6 is 0 Å². The van der Waals surface area contributed by atoms with Crippen LogP contribution in [-0.2, 0) is 16.0 Å². The minimum absolute atomic E-state index is 0.151. The smallest absolute Gasteiger partial charge is 0.267 e. The Kier molecular flexibility index (Phi) is 5.52. The van der Waals surface area contributed by atoms with Crippen LogP contribution in [0.2, 0.25) is 0 Å². The lowest BCUT2D eigenvalue weighted by Crippen LogP contribution is -2.37. The Bertz CT molecular complexity index is 596. The van der Waals surface area contributed by atoms with Crippen molar-refractivity contribution in [3.05, 3.63) is 29.3 Å². The average Bonchev–Trinajstić information content (AvgIpc) is 2.50. The Morgan fingerprint density at radius 3 is 2.86 bits per heavy atom. The van der Waals surface area contributed by atoms with Gasteiger partial charge in [-0.25, -0.2) is 5.43 Å². The molecule has 1 heterocycles. The van der Waals surface area contributed by atoms with Gasteiger partial charge in [0.15, 0.2) is 0 Å². The summed E-state index contributed by atoms with van der Waals surface area (Å²) in [6, 6.07) is 6.02. The summed E-state index contributed by atoms with van der Waals surface area (Å²) in [5.74, 6) is 0.520. The van der Waals surface area contributed by atoms with Crippen LogP contribution in [-0.4, -0.2) is 30.7 Å². The number of amides is 2. The molecule has 1 aromatic rings. The van der Waals surface area contributed by atoms with Crippen molar-refractivity contribution in [3.8, 4) is 5.75 Å². The number of hydrogen-bond acceptors (Lipinski definition) is 4. The first kappa shape index (κ1) is 16.0. The van der Waals surface area contributed by atoms with Gasteiger partial charge in [0.25, 0.3) is 5.91 Å². The molecule has 2 rings (SSSR count). The van der Waals surface area contributed by atoms with Crippen molar-refractivity contribution in [2.75, 3.05) is 13.2 Å². The molecule has 0 atom stereocenters. The maximum atomic E-state index is 11.9. The summed E-state index contributed by atoms with van der Waals surface area (Å²) in [4.78, 5) is 22.9. The van der Waals surface area contributed by atoms with E-state index in [2.05, 4.69) is 21.9 Å². The predicted octanol–water partition coefficient (Wildman–Crippen LogP) is 1.32. The standard InChI is InChI=1S/C16H21N3O3/c1-3-22-14-6-4-12(10-11(14)2)8-9-17-16(21)13-5-7-15(20)19-18-13/h4,6,10H,3,5,7-9H2,1-2H3,(H,17,21)(H,19,20). The van der Waals surface area contributed by atoms with Crippen molar-refractivity contribution in [2.24, 2.45) is 5.10 Å². The Morgan fingerprint density at radius 2 is 2.23 bits per heavy atom. The molecule has 2 N–H and O–H groups in total. The average molecular weight is 303 g/mol. The monoisotopic (exact) mass is 303 g/mol. The van der Waals surface area contributed by atoms with Gasteiger partial charge in [0.2, 0.25) is 5.91 Å². The quantitative estimate of drug-likeness (QED) is 0.832. The fraction of sp³-hybridized carbons (Fsp3) is 0.438. The van der Waals surface area contributed by atoms with Gasteiger partial charge in [-0.2, -0.15) is 5.10 Å². The molecule has 6 heteroatoms. The van der Waals surface area contributed by atoms with E-state index >= 15 is 0 Å². The van der Waals surface area contributed by atoms with Gasteiger partial charge < -0.3 is 10.1 Å². The molecular weight excluding hydrogens is 282 g/mol. The summed E-state index contributed by atoms with van der Waals surface area (Å²) >= 11 is 0. The highest BCUT2D eigenvalue weighted by molar-refractivity contribution is 6.39. The van der Waals surface area contributed by atoms with E-state index in [1.807, 2.05) is 26.0 Å². The highest BCUT2D eigenvalue weighted by atomic mass is 16.5. The fourth-order valence-electron chi connectivity index (χ4n) is 2.24. The maximum absolute atomic E-state index is 11.9. The molecule has 118 valence electrons. The van der Waals surface area contributed by atoms with E-state index < -0.39 is 0 Å². The van der Waals surface area contributed by atoms with Crippen LogP contribution < -0.4 is 15.5 Å². The number of hydrogen-bond donors (Lipinski definition) is 2. The molecule has 22 heavy (non-hydrogen) atoms. The van der Waals surface area contributed by atoms with E-state index in [1.165, 1.54) is 0 Å². The first-order valence-electron chi connectivity index (χ1n) is 7.46. The van der Waals surface area contributed by atoms with Crippen molar-refractivity contribution in [3.63, 3.8) is 0 Å². The molecule has 1 aliphatic rings.